The second-order valence-corrected chi connectivity index (χ2v) is 5.80. The van der Waals surface area contributed by atoms with Gasteiger partial charge in [0.2, 0.25) is 5.82 Å². The molecule has 0 saturated carbocycles. The molecule has 1 saturated heterocycles. The molecule has 3 rings (SSSR count). The van der Waals surface area contributed by atoms with Crippen LogP contribution >= 0.6 is 0 Å². The van der Waals surface area contributed by atoms with Crippen LogP contribution in [0.15, 0.2) is 6.33 Å². The third-order valence-corrected chi connectivity index (χ3v) is 4.03. The van der Waals surface area contributed by atoms with Gasteiger partial charge < -0.3 is 25.8 Å². The molecule has 0 bridgehead atoms. The summed E-state index contributed by atoms with van der Waals surface area (Å²) in [5.74, 6) is 5.97. The number of nitrogens with two attached hydrogens (primary N) is 1. The average Bonchev–Trinajstić information content (AvgIpc) is 3.17. The van der Waals surface area contributed by atoms with Crippen LogP contribution in [-0.2, 0) is 4.74 Å². The van der Waals surface area contributed by atoms with Crippen LogP contribution < -0.4 is 5.73 Å². The number of ether oxygens (including phenoxy) is 1. The van der Waals surface area contributed by atoms with Crippen LogP contribution in [0.2, 0.25) is 0 Å². The molecule has 0 amide bonds. The molecule has 4 atom stereocenters. The number of fused-ring (bicyclic) bond motifs is 1. The minimum atomic E-state index is -1.26. The van der Waals surface area contributed by atoms with E-state index in [0.717, 1.165) is 0 Å². The number of rotatable bonds is 4. The number of hydrogen-bond acceptors (Lipinski definition) is 9. The smallest absolute Gasteiger partial charge is 0.208 e. The van der Waals surface area contributed by atoms with E-state index in [1.54, 1.807) is 0 Å². The molecule has 2 aromatic rings. The lowest BCUT2D eigenvalue weighted by Crippen LogP contribution is -2.33. The maximum atomic E-state index is 10.2. The monoisotopic (exact) mass is 358 g/mol. The summed E-state index contributed by atoms with van der Waals surface area (Å²) in [5, 5.41) is 37.8. The van der Waals surface area contributed by atoms with Gasteiger partial charge in [-0.15, -0.1) is 0 Å². The standard InChI is InChI=1S/C16H18N6O4/c17-6-4-2-1-3-5-10-20-14(18)11-15(21-10)22(8-19-11)16-13(25)12(24)9(7-23)26-16/h8-9,12-13,16,23-25H,1-2,4,7H2,(H2,18,20,21)/t9-,12?,13?,16-/m1/s1. The van der Waals surface area contributed by atoms with Crippen LogP contribution in [0.3, 0.4) is 0 Å². The molecule has 26 heavy (non-hydrogen) atoms. The second kappa shape index (κ2) is 7.64. The Morgan fingerprint density at radius 1 is 1.27 bits per heavy atom. The van der Waals surface area contributed by atoms with Gasteiger partial charge in [-0.25, -0.2) is 15.0 Å². The van der Waals surface area contributed by atoms with Crippen molar-refractivity contribution in [1.82, 2.24) is 19.5 Å². The highest BCUT2D eigenvalue weighted by Gasteiger charge is 2.44. The topological polar surface area (TPSA) is 163 Å². The Morgan fingerprint density at radius 3 is 2.77 bits per heavy atom. The molecule has 1 fully saturated rings. The minimum absolute atomic E-state index is 0.127. The van der Waals surface area contributed by atoms with Crippen LogP contribution in [0.5, 0.6) is 0 Å². The first-order valence-electron chi connectivity index (χ1n) is 8.05. The zero-order valence-electron chi connectivity index (χ0n) is 13.8. The fraction of sp³-hybridized carbons (Fsp3) is 0.500. The third kappa shape index (κ3) is 3.31. The molecule has 1 aliphatic heterocycles. The van der Waals surface area contributed by atoms with Crippen molar-refractivity contribution >= 4 is 17.0 Å². The highest BCUT2D eigenvalue weighted by atomic mass is 16.6. The molecule has 2 aromatic heterocycles. The van der Waals surface area contributed by atoms with Crippen LogP contribution in [-0.4, -0.2) is 59.8 Å². The van der Waals surface area contributed by atoms with Gasteiger partial charge in [0.1, 0.15) is 23.8 Å². The van der Waals surface area contributed by atoms with E-state index >= 15 is 0 Å². The van der Waals surface area contributed by atoms with E-state index in [-0.39, 0.29) is 11.6 Å². The lowest BCUT2D eigenvalue weighted by molar-refractivity contribution is -0.0511. The van der Waals surface area contributed by atoms with Gasteiger partial charge in [-0.1, -0.05) is 5.92 Å². The molecule has 5 N–H and O–H groups in total. The summed E-state index contributed by atoms with van der Waals surface area (Å²) >= 11 is 0. The Balaban J connectivity index is 1.92. The van der Waals surface area contributed by atoms with E-state index < -0.39 is 31.1 Å². The Morgan fingerprint density at radius 2 is 2.08 bits per heavy atom. The fourth-order valence-corrected chi connectivity index (χ4v) is 2.69. The zero-order valence-corrected chi connectivity index (χ0v) is 13.8. The van der Waals surface area contributed by atoms with Crippen molar-refractivity contribution in [3.8, 4) is 17.9 Å². The van der Waals surface area contributed by atoms with Crippen molar-refractivity contribution < 1.29 is 20.1 Å². The Labute approximate surface area is 148 Å². The average molecular weight is 358 g/mol. The summed E-state index contributed by atoms with van der Waals surface area (Å²) in [5.41, 5.74) is 6.52. The van der Waals surface area contributed by atoms with Gasteiger partial charge in [-0.2, -0.15) is 5.26 Å². The van der Waals surface area contributed by atoms with E-state index in [1.165, 1.54) is 10.9 Å². The Bertz CT molecular complexity index is 896. The quantitative estimate of drug-likeness (QED) is 0.399. The van der Waals surface area contributed by atoms with Crippen LogP contribution in [0, 0.1) is 23.2 Å². The number of unbranched alkanes of at least 4 members (excludes halogenated alkanes) is 2. The van der Waals surface area contributed by atoms with Crippen molar-refractivity contribution in [3.63, 3.8) is 0 Å². The van der Waals surface area contributed by atoms with E-state index in [2.05, 4.69) is 26.8 Å². The number of hydrogen-bond donors (Lipinski definition) is 4. The van der Waals surface area contributed by atoms with Crippen molar-refractivity contribution in [2.75, 3.05) is 12.3 Å². The SMILES string of the molecule is N#CCCCC#Cc1nc(N)c2ncn([C@@H]3O[C@H](CO)C(O)C3O)c2n1. The van der Waals surface area contributed by atoms with Gasteiger partial charge in [0.25, 0.3) is 0 Å². The minimum Gasteiger partial charge on any atom is -0.394 e. The molecular weight excluding hydrogens is 340 g/mol. The summed E-state index contributed by atoms with van der Waals surface area (Å²) in [4.78, 5) is 12.5. The molecule has 10 nitrogen and oxygen atoms in total. The summed E-state index contributed by atoms with van der Waals surface area (Å²) in [6, 6.07) is 2.04. The summed E-state index contributed by atoms with van der Waals surface area (Å²) in [7, 11) is 0. The maximum Gasteiger partial charge on any atom is 0.208 e. The highest BCUT2D eigenvalue weighted by molar-refractivity contribution is 5.82. The van der Waals surface area contributed by atoms with Gasteiger partial charge in [0, 0.05) is 12.8 Å². The first kappa shape index (κ1) is 18.0. The highest BCUT2D eigenvalue weighted by Crippen LogP contribution is 2.31. The van der Waals surface area contributed by atoms with Crippen molar-refractivity contribution in [1.29, 1.82) is 5.26 Å². The molecule has 0 spiro atoms. The van der Waals surface area contributed by atoms with Crippen LogP contribution in [0.1, 0.15) is 31.3 Å². The summed E-state index contributed by atoms with van der Waals surface area (Å²) < 4.78 is 6.93. The molecular formula is C16H18N6O4. The molecule has 0 radical (unpaired) electrons. The first-order valence-corrected chi connectivity index (χ1v) is 8.05. The van der Waals surface area contributed by atoms with Crippen LogP contribution in [0.4, 0.5) is 5.82 Å². The van der Waals surface area contributed by atoms with Crippen LogP contribution in [0.25, 0.3) is 11.2 Å². The number of aliphatic hydroxyl groups excluding tert-OH is 3. The number of imidazole rings is 1. The van der Waals surface area contributed by atoms with E-state index in [9.17, 15) is 15.3 Å². The number of aliphatic hydroxyl groups is 3. The number of nitrogens with zero attached hydrogens (tertiary/aromatic N) is 5. The second-order valence-electron chi connectivity index (χ2n) is 5.80. The van der Waals surface area contributed by atoms with Crippen molar-refractivity contribution in [2.45, 2.75) is 43.8 Å². The van der Waals surface area contributed by atoms with E-state index in [4.69, 9.17) is 15.7 Å². The van der Waals surface area contributed by atoms with E-state index in [1.807, 2.05) is 6.07 Å². The van der Waals surface area contributed by atoms with Gasteiger partial charge in [0.05, 0.1) is 19.0 Å². The number of aromatic nitrogens is 4. The third-order valence-electron chi connectivity index (χ3n) is 4.03. The van der Waals surface area contributed by atoms with Gasteiger partial charge >= 0.3 is 0 Å². The molecule has 0 aliphatic carbocycles. The number of nitrogen functional groups attached to an aromatic ring is 1. The largest absolute Gasteiger partial charge is 0.394 e. The predicted octanol–water partition coefficient (Wildman–Crippen LogP) is -0.935. The molecule has 1 aliphatic rings. The van der Waals surface area contributed by atoms with Crippen molar-refractivity contribution in [3.05, 3.63) is 12.2 Å². The summed E-state index contributed by atoms with van der Waals surface area (Å²) in [6.07, 6.45) is -1.40. The lowest BCUT2D eigenvalue weighted by Gasteiger charge is -2.16. The molecule has 136 valence electrons. The van der Waals surface area contributed by atoms with Crippen molar-refractivity contribution in [2.24, 2.45) is 0 Å². The maximum absolute atomic E-state index is 10.2. The van der Waals surface area contributed by atoms with Gasteiger partial charge in [0.15, 0.2) is 17.7 Å². The molecule has 2 unspecified atom stereocenters. The lowest BCUT2D eigenvalue weighted by atomic mass is 10.1. The normalized spacial score (nSPS) is 25.0. The molecule has 3 heterocycles. The number of anilines is 1. The summed E-state index contributed by atoms with van der Waals surface area (Å²) in [6.45, 7) is -0.433. The van der Waals surface area contributed by atoms with Gasteiger partial charge in [-0.05, 0) is 12.3 Å². The zero-order chi connectivity index (χ0) is 18.7. The van der Waals surface area contributed by atoms with E-state index in [0.29, 0.717) is 30.4 Å². The van der Waals surface area contributed by atoms with Gasteiger partial charge in [-0.3, -0.25) is 4.57 Å². The predicted molar refractivity (Wildman–Crippen MR) is 89.1 cm³/mol. The number of nitriles is 1. The molecule has 0 aromatic carbocycles. The first-order chi connectivity index (χ1) is 12.6. The molecule has 10 heteroatoms. The Hall–Kier alpha value is -2.76. The fourth-order valence-electron chi connectivity index (χ4n) is 2.69. The Kier molecular flexibility index (Phi) is 5.30.